The number of hydrogen-bond acceptors (Lipinski definition) is 6. The molecule has 1 saturated heterocycles. The Morgan fingerprint density at radius 2 is 1.93 bits per heavy atom. The Morgan fingerprint density at radius 1 is 1.10 bits per heavy atom. The first kappa shape index (κ1) is 18.3. The lowest BCUT2D eigenvalue weighted by Crippen LogP contribution is -2.47. The summed E-state index contributed by atoms with van der Waals surface area (Å²) in [6.07, 6.45) is 8.74. The zero-order valence-electron chi connectivity index (χ0n) is 17.1. The number of nitrogens with one attached hydrogen (secondary N) is 1. The Morgan fingerprint density at radius 3 is 2.69 bits per heavy atom. The SMILES string of the molecule is COc1ccc(-c2nnc(N[C@@H]3CCCN(C4(C)CC4)C3)c3cnccc23)cc1. The first-order valence-electron chi connectivity index (χ1n) is 10.4. The highest BCUT2D eigenvalue weighted by Gasteiger charge is 2.44. The summed E-state index contributed by atoms with van der Waals surface area (Å²) < 4.78 is 5.27. The Hall–Kier alpha value is -2.73. The van der Waals surface area contributed by atoms with E-state index in [0.717, 1.165) is 46.6 Å². The summed E-state index contributed by atoms with van der Waals surface area (Å²) in [4.78, 5) is 7.00. The van der Waals surface area contributed by atoms with E-state index in [1.807, 2.05) is 42.7 Å². The molecule has 29 heavy (non-hydrogen) atoms. The van der Waals surface area contributed by atoms with Crippen LogP contribution in [0.15, 0.2) is 42.7 Å². The number of pyridine rings is 1. The van der Waals surface area contributed by atoms with Crippen molar-refractivity contribution in [2.45, 2.75) is 44.2 Å². The molecule has 6 nitrogen and oxygen atoms in total. The van der Waals surface area contributed by atoms with E-state index in [1.165, 1.54) is 25.8 Å². The van der Waals surface area contributed by atoms with Gasteiger partial charge in [-0.15, -0.1) is 10.2 Å². The monoisotopic (exact) mass is 389 g/mol. The van der Waals surface area contributed by atoms with Crippen LogP contribution in [0, 0.1) is 0 Å². The van der Waals surface area contributed by atoms with Crippen LogP contribution in [0.3, 0.4) is 0 Å². The molecule has 3 heterocycles. The second kappa shape index (κ2) is 7.26. The quantitative estimate of drug-likeness (QED) is 0.708. The van der Waals surface area contributed by atoms with Crippen molar-refractivity contribution in [3.8, 4) is 17.0 Å². The number of benzene rings is 1. The molecule has 0 unspecified atom stereocenters. The Labute approximate surface area is 171 Å². The maximum absolute atomic E-state index is 5.27. The summed E-state index contributed by atoms with van der Waals surface area (Å²) >= 11 is 0. The second-order valence-corrected chi connectivity index (χ2v) is 8.47. The zero-order chi connectivity index (χ0) is 19.8. The van der Waals surface area contributed by atoms with Crippen molar-refractivity contribution in [2.75, 3.05) is 25.5 Å². The van der Waals surface area contributed by atoms with Crippen LogP contribution < -0.4 is 10.1 Å². The minimum Gasteiger partial charge on any atom is -0.497 e. The van der Waals surface area contributed by atoms with Gasteiger partial charge in [-0.25, -0.2) is 0 Å². The Kier molecular flexibility index (Phi) is 4.59. The topological polar surface area (TPSA) is 63.2 Å². The molecule has 1 aromatic carbocycles. The molecule has 1 atom stereocenters. The van der Waals surface area contributed by atoms with Crippen LogP contribution in [0.4, 0.5) is 5.82 Å². The average molecular weight is 390 g/mol. The number of ether oxygens (including phenoxy) is 1. The number of methoxy groups -OCH3 is 1. The van der Waals surface area contributed by atoms with Gasteiger partial charge in [0.25, 0.3) is 0 Å². The molecule has 1 aliphatic carbocycles. The lowest BCUT2D eigenvalue weighted by Gasteiger charge is -2.37. The Bertz CT molecular complexity index is 1020. The number of anilines is 1. The molecule has 2 aliphatic rings. The molecule has 3 aromatic rings. The van der Waals surface area contributed by atoms with Gasteiger partial charge in [-0.05, 0) is 69.5 Å². The van der Waals surface area contributed by atoms with Crippen molar-refractivity contribution in [1.29, 1.82) is 0 Å². The molecular formula is C23H27N5O. The number of likely N-dealkylation sites (tertiary alicyclic amines) is 1. The average Bonchev–Trinajstić information content (AvgIpc) is 3.53. The molecule has 0 radical (unpaired) electrons. The van der Waals surface area contributed by atoms with Gasteiger partial charge in [-0.2, -0.15) is 0 Å². The van der Waals surface area contributed by atoms with Crippen molar-refractivity contribution in [1.82, 2.24) is 20.1 Å². The molecule has 0 spiro atoms. The van der Waals surface area contributed by atoms with E-state index in [1.54, 1.807) is 7.11 Å². The van der Waals surface area contributed by atoms with Crippen LogP contribution in [0.25, 0.3) is 22.0 Å². The third kappa shape index (κ3) is 3.53. The maximum Gasteiger partial charge on any atom is 0.158 e. The summed E-state index contributed by atoms with van der Waals surface area (Å²) in [5.41, 5.74) is 2.31. The van der Waals surface area contributed by atoms with Gasteiger partial charge in [0, 0.05) is 46.9 Å². The van der Waals surface area contributed by atoms with Crippen LogP contribution in [-0.4, -0.2) is 51.9 Å². The number of rotatable bonds is 5. The van der Waals surface area contributed by atoms with Crippen LogP contribution in [0.1, 0.15) is 32.6 Å². The van der Waals surface area contributed by atoms with E-state index in [4.69, 9.17) is 4.74 Å². The minimum atomic E-state index is 0.394. The minimum absolute atomic E-state index is 0.394. The molecule has 1 N–H and O–H groups in total. The summed E-state index contributed by atoms with van der Waals surface area (Å²) in [6.45, 7) is 4.66. The molecule has 6 heteroatoms. The standard InChI is InChI=1S/C23H27N5O/c1-23(10-11-23)28-13-3-4-17(15-28)25-22-20-14-24-12-9-19(20)21(26-27-22)16-5-7-18(29-2)8-6-16/h5-9,12,14,17H,3-4,10-11,13,15H2,1-2H3,(H,25,27)/t17-/m1/s1. The lowest BCUT2D eigenvalue weighted by atomic mass is 10.0. The van der Waals surface area contributed by atoms with Gasteiger partial charge in [0.05, 0.1) is 7.11 Å². The van der Waals surface area contributed by atoms with Crippen LogP contribution in [0.5, 0.6) is 5.75 Å². The van der Waals surface area contributed by atoms with E-state index in [-0.39, 0.29) is 0 Å². The highest BCUT2D eigenvalue weighted by Crippen LogP contribution is 2.42. The zero-order valence-corrected chi connectivity index (χ0v) is 17.1. The summed E-state index contributed by atoms with van der Waals surface area (Å²) in [5, 5.41) is 14.9. The van der Waals surface area contributed by atoms with Crippen molar-refractivity contribution in [2.24, 2.45) is 0 Å². The fraction of sp³-hybridized carbons (Fsp3) is 0.435. The Balaban J connectivity index is 1.44. The first-order valence-corrected chi connectivity index (χ1v) is 10.4. The molecular weight excluding hydrogens is 362 g/mol. The summed E-state index contributed by atoms with van der Waals surface area (Å²) in [5.74, 6) is 1.66. The summed E-state index contributed by atoms with van der Waals surface area (Å²) in [7, 11) is 1.67. The van der Waals surface area contributed by atoms with Crippen molar-refractivity contribution in [3.05, 3.63) is 42.7 Å². The highest BCUT2D eigenvalue weighted by atomic mass is 16.5. The van der Waals surface area contributed by atoms with Gasteiger partial charge in [0.15, 0.2) is 5.82 Å². The van der Waals surface area contributed by atoms with Crippen LogP contribution >= 0.6 is 0 Å². The molecule has 1 saturated carbocycles. The van der Waals surface area contributed by atoms with E-state index in [0.29, 0.717) is 11.6 Å². The predicted octanol–water partition coefficient (Wildman–Crippen LogP) is 4.13. The number of piperidine rings is 1. The van der Waals surface area contributed by atoms with E-state index in [9.17, 15) is 0 Å². The first-order chi connectivity index (χ1) is 14.2. The fourth-order valence-corrected chi connectivity index (χ4v) is 4.34. The van der Waals surface area contributed by atoms with Gasteiger partial charge < -0.3 is 10.1 Å². The van der Waals surface area contributed by atoms with Crippen molar-refractivity contribution >= 4 is 16.6 Å². The normalized spacial score (nSPS) is 21.1. The second-order valence-electron chi connectivity index (χ2n) is 8.47. The van der Waals surface area contributed by atoms with Crippen molar-refractivity contribution in [3.63, 3.8) is 0 Å². The molecule has 0 bridgehead atoms. The molecule has 2 aromatic heterocycles. The number of hydrogen-bond donors (Lipinski definition) is 1. The third-order valence-corrected chi connectivity index (χ3v) is 6.44. The van der Waals surface area contributed by atoms with Crippen LogP contribution in [0.2, 0.25) is 0 Å². The largest absolute Gasteiger partial charge is 0.497 e. The lowest BCUT2D eigenvalue weighted by molar-refractivity contribution is 0.149. The number of fused-ring (bicyclic) bond motifs is 1. The van der Waals surface area contributed by atoms with Crippen molar-refractivity contribution < 1.29 is 4.74 Å². The van der Waals surface area contributed by atoms with Gasteiger partial charge in [-0.1, -0.05) is 0 Å². The van der Waals surface area contributed by atoms with Gasteiger partial charge >= 0.3 is 0 Å². The molecule has 2 fully saturated rings. The number of nitrogens with zero attached hydrogens (tertiary/aromatic N) is 4. The molecule has 5 rings (SSSR count). The van der Waals surface area contributed by atoms with Crippen LogP contribution in [-0.2, 0) is 0 Å². The molecule has 1 aliphatic heterocycles. The fourth-order valence-electron chi connectivity index (χ4n) is 4.34. The molecule has 0 amide bonds. The van der Waals surface area contributed by atoms with E-state index < -0.39 is 0 Å². The van der Waals surface area contributed by atoms with Gasteiger partial charge in [0.1, 0.15) is 11.4 Å². The highest BCUT2D eigenvalue weighted by molar-refractivity contribution is 5.99. The summed E-state index contributed by atoms with van der Waals surface area (Å²) in [6, 6.07) is 10.4. The molecule has 150 valence electrons. The van der Waals surface area contributed by atoms with Gasteiger partial charge in [0.2, 0.25) is 0 Å². The van der Waals surface area contributed by atoms with E-state index >= 15 is 0 Å². The van der Waals surface area contributed by atoms with Gasteiger partial charge in [-0.3, -0.25) is 9.88 Å². The maximum atomic E-state index is 5.27. The third-order valence-electron chi connectivity index (χ3n) is 6.44. The smallest absolute Gasteiger partial charge is 0.158 e. The number of aromatic nitrogens is 3. The predicted molar refractivity (Wildman–Crippen MR) is 115 cm³/mol. The van der Waals surface area contributed by atoms with E-state index in [2.05, 4.69) is 32.3 Å².